The van der Waals surface area contributed by atoms with Gasteiger partial charge < -0.3 is 5.73 Å². The zero-order valence-electron chi connectivity index (χ0n) is 11.4. The number of hydrogen-bond donors (Lipinski definition) is 1. The first-order valence-electron chi connectivity index (χ1n) is 6.62. The number of nitrogens with two attached hydrogens (primary N) is 1. The minimum absolute atomic E-state index is 0.315. The number of rotatable bonds is 5. The quantitative estimate of drug-likeness (QED) is 0.919. The van der Waals surface area contributed by atoms with Gasteiger partial charge in [0.15, 0.2) is 0 Å². The van der Waals surface area contributed by atoms with Gasteiger partial charge in [0.05, 0.1) is 5.69 Å². The maximum Gasteiger partial charge on any atom is 0.0624 e. The first kappa shape index (κ1) is 14.3. The smallest absolute Gasteiger partial charge is 0.0624 e. The average Bonchev–Trinajstić information content (AvgIpc) is 2.77. The van der Waals surface area contributed by atoms with Gasteiger partial charge in [-0.05, 0) is 37.1 Å². The maximum atomic E-state index is 5.96. The van der Waals surface area contributed by atoms with E-state index in [0.717, 1.165) is 23.0 Å². The van der Waals surface area contributed by atoms with Gasteiger partial charge in [-0.2, -0.15) is 5.10 Å². The topological polar surface area (TPSA) is 43.8 Å². The second-order valence-corrected chi connectivity index (χ2v) is 5.62. The standard InChI is InChI=1S/C15H20BrN3/c1-3-12-9-13(19(2)18-12)8-11(10-17)14-6-4-5-7-15(14)16/h4-7,9,11H,3,8,10,17H2,1-2H3. The van der Waals surface area contributed by atoms with Gasteiger partial charge in [0.25, 0.3) is 0 Å². The summed E-state index contributed by atoms with van der Waals surface area (Å²) in [5.41, 5.74) is 9.61. The van der Waals surface area contributed by atoms with Crippen LogP contribution in [0.15, 0.2) is 34.8 Å². The summed E-state index contributed by atoms with van der Waals surface area (Å²) in [5.74, 6) is 0.315. The highest BCUT2D eigenvalue weighted by atomic mass is 79.9. The first-order chi connectivity index (χ1) is 9.15. The number of benzene rings is 1. The summed E-state index contributed by atoms with van der Waals surface area (Å²) < 4.78 is 3.10. The highest BCUT2D eigenvalue weighted by Crippen LogP contribution is 2.27. The largest absolute Gasteiger partial charge is 0.330 e. The molecule has 0 aliphatic carbocycles. The zero-order chi connectivity index (χ0) is 13.8. The third-order valence-electron chi connectivity index (χ3n) is 3.47. The van der Waals surface area contributed by atoms with Crippen LogP contribution in [0, 0.1) is 0 Å². The lowest BCUT2D eigenvalue weighted by atomic mass is 9.94. The van der Waals surface area contributed by atoms with E-state index in [0.29, 0.717) is 12.5 Å². The molecule has 0 aliphatic rings. The SMILES string of the molecule is CCc1cc(CC(CN)c2ccccc2Br)n(C)n1. The summed E-state index contributed by atoms with van der Waals surface area (Å²) in [6, 6.07) is 10.5. The Balaban J connectivity index is 2.24. The fourth-order valence-corrected chi connectivity index (χ4v) is 2.92. The molecule has 102 valence electrons. The van der Waals surface area contributed by atoms with Crippen molar-refractivity contribution < 1.29 is 0 Å². The fourth-order valence-electron chi connectivity index (χ4n) is 2.31. The second-order valence-electron chi connectivity index (χ2n) is 4.76. The Morgan fingerprint density at radius 3 is 2.68 bits per heavy atom. The summed E-state index contributed by atoms with van der Waals surface area (Å²) in [4.78, 5) is 0. The Hall–Kier alpha value is -1.13. The van der Waals surface area contributed by atoms with Crippen LogP contribution in [0.3, 0.4) is 0 Å². The van der Waals surface area contributed by atoms with E-state index in [9.17, 15) is 0 Å². The van der Waals surface area contributed by atoms with Gasteiger partial charge in [-0.1, -0.05) is 41.1 Å². The summed E-state index contributed by atoms with van der Waals surface area (Å²) >= 11 is 3.61. The van der Waals surface area contributed by atoms with Gasteiger partial charge in [0, 0.05) is 23.1 Å². The zero-order valence-corrected chi connectivity index (χ0v) is 13.0. The number of hydrogen-bond acceptors (Lipinski definition) is 2. The summed E-state index contributed by atoms with van der Waals surface area (Å²) in [5, 5.41) is 4.50. The van der Waals surface area contributed by atoms with Crippen molar-refractivity contribution in [2.24, 2.45) is 12.8 Å². The van der Waals surface area contributed by atoms with Crippen molar-refractivity contribution in [1.29, 1.82) is 0 Å². The Morgan fingerprint density at radius 1 is 1.37 bits per heavy atom. The molecule has 2 aromatic rings. The van der Waals surface area contributed by atoms with Crippen LogP contribution < -0.4 is 5.73 Å². The second kappa shape index (κ2) is 6.35. The molecule has 1 aromatic carbocycles. The molecular weight excluding hydrogens is 302 g/mol. The molecule has 0 saturated heterocycles. The Kier molecular flexibility index (Phi) is 4.77. The van der Waals surface area contributed by atoms with Crippen molar-refractivity contribution in [3.8, 4) is 0 Å². The molecule has 2 rings (SSSR count). The molecule has 0 fully saturated rings. The van der Waals surface area contributed by atoms with Gasteiger partial charge >= 0.3 is 0 Å². The van der Waals surface area contributed by atoms with Crippen molar-refractivity contribution in [2.75, 3.05) is 6.54 Å². The molecule has 0 radical (unpaired) electrons. The van der Waals surface area contributed by atoms with E-state index in [1.54, 1.807) is 0 Å². The lowest BCUT2D eigenvalue weighted by molar-refractivity contribution is 0.626. The summed E-state index contributed by atoms with van der Waals surface area (Å²) in [6.45, 7) is 2.76. The van der Waals surface area contributed by atoms with Crippen LogP contribution in [0.4, 0.5) is 0 Å². The van der Waals surface area contributed by atoms with E-state index in [2.05, 4.69) is 52.2 Å². The average molecular weight is 322 g/mol. The van der Waals surface area contributed by atoms with Crippen molar-refractivity contribution in [3.05, 3.63) is 51.8 Å². The number of aryl methyl sites for hydroxylation is 2. The van der Waals surface area contributed by atoms with Crippen molar-refractivity contribution in [2.45, 2.75) is 25.7 Å². The Labute approximate surface area is 122 Å². The fraction of sp³-hybridized carbons (Fsp3) is 0.400. The molecule has 0 saturated carbocycles. The third-order valence-corrected chi connectivity index (χ3v) is 4.20. The highest BCUT2D eigenvalue weighted by molar-refractivity contribution is 9.10. The van der Waals surface area contributed by atoms with Crippen LogP contribution in [-0.2, 0) is 19.9 Å². The molecule has 0 amide bonds. The van der Waals surface area contributed by atoms with E-state index < -0.39 is 0 Å². The Bertz CT molecular complexity index is 548. The minimum atomic E-state index is 0.315. The van der Waals surface area contributed by atoms with E-state index in [1.807, 2.05) is 17.8 Å². The third kappa shape index (κ3) is 3.25. The lowest BCUT2D eigenvalue weighted by Crippen LogP contribution is -2.17. The van der Waals surface area contributed by atoms with Crippen molar-refractivity contribution in [1.82, 2.24) is 9.78 Å². The Morgan fingerprint density at radius 2 is 2.11 bits per heavy atom. The molecule has 3 nitrogen and oxygen atoms in total. The van der Waals surface area contributed by atoms with Crippen molar-refractivity contribution in [3.63, 3.8) is 0 Å². The maximum absolute atomic E-state index is 5.96. The molecule has 1 aromatic heterocycles. The van der Waals surface area contributed by atoms with Crippen LogP contribution in [0.2, 0.25) is 0 Å². The minimum Gasteiger partial charge on any atom is -0.330 e. The molecular formula is C15H20BrN3. The number of nitrogens with zero attached hydrogens (tertiary/aromatic N) is 2. The molecule has 0 spiro atoms. The molecule has 1 atom stereocenters. The van der Waals surface area contributed by atoms with Gasteiger partial charge in [-0.3, -0.25) is 4.68 Å². The normalized spacial score (nSPS) is 12.6. The molecule has 2 N–H and O–H groups in total. The molecule has 19 heavy (non-hydrogen) atoms. The van der Waals surface area contributed by atoms with Crippen LogP contribution in [0.5, 0.6) is 0 Å². The van der Waals surface area contributed by atoms with Crippen LogP contribution in [-0.4, -0.2) is 16.3 Å². The van der Waals surface area contributed by atoms with Crippen LogP contribution in [0.25, 0.3) is 0 Å². The summed E-state index contributed by atoms with van der Waals surface area (Å²) in [7, 11) is 2.00. The summed E-state index contributed by atoms with van der Waals surface area (Å²) in [6.07, 6.45) is 1.89. The van der Waals surface area contributed by atoms with E-state index >= 15 is 0 Å². The molecule has 0 bridgehead atoms. The van der Waals surface area contributed by atoms with Crippen LogP contribution >= 0.6 is 15.9 Å². The van der Waals surface area contributed by atoms with Gasteiger partial charge in [0.1, 0.15) is 0 Å². The van der Waals surface area contributed by atoms with Crippen molar-refractivity contribution >= 4 is 15.9 Å². The molecule has 0 aliphatic heterocycles. The van der Waals surface area contributed by atoms with E-state index in [4.69, 9.17) is 5.73 Å². The number of aromatic nitrogens is 2. The molecule has 1 unspecified atom stereocenters. The van der Waals surface area contributed by atoms with E-state index in [-0.39, 0.29) is 0 Å². The number of halogens is 1. The predicted molar refractivity (Wildman–Crippen MR) is 82.2 cm³/mol. The van der Waals surface area contributed by atoms with Gasteiger partial charge in [0.2, 0.25) is 0 Å². The van der Waals surface area contributed by atoms with Crippen LogP contribution in [0.1, 0.15) is 29.8 Å². The molecule has 4 heteroatoms. The predicted octanol–water partition coefficient (Wildman–Crippen LogP) is 3.03. The van der Waals surface area contributed by atoms with E-state index in [1.165, 1.54) is 11.3 Å². The molecule has 1 heterocycles. The highest BCUT2D eigenvalue weighted by Gasteiger charge is 2.16. The monoisotopic (exact) mass is 321 g/mol. The van der Waals surface area contributed by atoms with Gasteiger partial charge in [-0.15, -0.1) is 0 Å². The first-order valence-corrected chi connectivity index (χ1v) is 7.41. The lowest BCUT2D eigenvalue weighted by Gasteiger charge is -2.16. The van der Waals surface area contributed by atoms with Gasteiger partial charge in [-0.25, -0.2) is 0 Å².